The third-order valence-electron chi connectivity index (χ3n) is 3.65. The number of nitrogens with one attached hydrogen (secondary N) is 1. The van der Waals surface area contributed by atoms with Gasteiger partial charge in [0.25, 0.3) is 5.91 Å². The highest BCUT2D eigenvalue weighted by molar-refractivity contribution is 6.01. The average Bonchev–Trinajstić information content (AvgIpc) is 2.45. The SMILES string of the molecule is CCC(C)(C)NC(=O)c1cc2ccccc2cc1OC. The van der Waals surface area contributed by atoms with E-state index in [1.807, 2.05) is 50.2 Å². The van der Waals surface area contributed by atoms with Crippen molar-refractivity contribution in [3.05, 3.63) is 42.0 Å². The lowest BCUT2D eigenvalue weighted by molar-refractivity contribution is 0.0908. The maximum absolute atomic E-state index is 12.5. The monoisotopic (exact) mass is 271 g/mol. The van der Waals surface area contributed by atoms with Crippen molar-refractivity contribution < 1.29 is 9.53 Å². The van der Waals surface area contributed by atoms with Gasteiger partial charge in [-0.3, -0.25) is 4.79 Å². The molecule has 0 heterocycles. The molecule has 0 unspecified atom stereocenters. The molecule has 20 heavy (non-hydrogen) atoms. The minimum atomic E-state index is -0.228. The first-order valence-corrected chi connectivity index (χ1v) is 6.86. The lowest BCUT2D eigenvalue weighted by Crippen LogP contribution is -2.42. The Morgan fingerprint density at radius 1 is 1.20 bits per heavy atom. The van der Waals surface area contributed by atoms with Gasteiger partial charge in [0.05, 0.1) is 12.7 Å². The Bertz CT molecular complexity index is 632. The molecule has 0 saturated carbocycles. The fraction of sp³-hybridized carbons (Fsp3) is 0.353. The van der Waals surface area contributed by atoms with Crippen molar-refractivity contribution in [2.75, 3.05) is 7.11 Å². The molecule has 106 valence electrons. The van der Waals surface area contributed by atoms with E-state index in [4.69, 9.17) is 4.74 Å². The summed E-state index contributed by atoms with van der Waals surface area (Å²) in [6, 6.07) is 11.7. The van der Waals surface area contributed by atoms with Gasteiger partial charge in [-0.25, -0.2) is 0 Å². The fourth-order valence-electron chi connectivity index (χ4n) is 2.03. The topological polar surface area (TPSA) is 38.3 Å². The highest BCUT2D eigenvalue weighted by Gasteiger charge is 2.21. The molecule has 0 aliphatic heterocycles. The molecule has 0 aromatic heterocycles. The van der Waals surface area contributed by atoms with Crippen molar-refractivity contribution in [2.24, 2.45) is 0 Å². The second kappa shape index (κ2) is 5.53. The van der Waals surface area contributed by atoms with Gasteiger partial charge in [-0.2, -0.15) is 0 Å². The van der Waals surface area contributed by atoms with E-state index in [0.29, 0.717) is 11.3 Å². The van der Waals surface area contributed by atoms with Crippen molar-refractivity contribution in [3.8, 4) is 5.75 Å². The van der Waals surface area contributed by atoms with Crippen LogP contribution in [0.15, 0.2) is 36.4 Å². The predicted molar refractivity (Wildman–Crippen MR) is 82.3 cm³/mol. The second-order valence-electron chi connectivity index (χ2n) is 5.59. The number of carbonyl (C=O) groups excluding carboxylic acids is 1. The van der Waals surface area contributed by atoms with Crippen molar-refractivity contribution >= 4 is 16.7 Å². The molecule has 1 N–H and O–H groups in total. The van der Waals surface area contributed by atoms with Gasteiger partial charge in [-0.15, -0.1) is 0 Å². The Morgan fingerprint density at radius 3 is 2.35 bits per heavy atom. The van der Waals surface area contributed by atoms with Crippen molar-refractivity contribution in [1.29, 1.82) is 0 Å². The third-order valence-corrected chi connectivity index (χ3v) is 3.65. The molecule has 0 fully saturated rings. The van der Waals surface area contributed by atoms with E-state index in [-0.39, 0.29) is 11.4 Å². The molecule has 0 saturated heterocycles. The summed E-state index contributed by atoms with van der Waals surface area (Å²) in [5.74, 6) is 0.507. The lowest BCUT2D eigenvalue weighted by Gasteiger charge is -2.25. The number of hydrogen-bond acceptors (Lipinski definition) is 2. The maximum atomic E-state index is 12.5. The van der Waals surface area contributed by atoms with Gasteiger partial charge in [0.1, 0.15) is 5.75 Å². The van der Waals surface area contributed by atoms with Crippen LogP contribution in [-0.2, 0) is 0 Å². The van der Waals surface area contributed by atoms with Gasteiger partial charge in [0.15, 0.2) is 0 Å². The normalized spacial score (nSPS) is 11.4. The van der Waals surface area contributed by atoms with Crippen molar-refractivity contribution in [2.45, 2.75) is 32.7 Å². The number of benzene rings is 2. The molecule has 0 radical (unpaired) electrons. The fourth-order valence-corrected chi connectivity index (χ4v) is 2.03. The number of hydrogen-bond donors (Lipinski definition) is 1. The van der Waals surface area contributed by atoms with Gasteiger partial charge in [-0.05, 0) is 43.2 Å². The average molecular weight is 271 g/mol. The van der Waals surface area contributed by atoms with Crippen molar-refractivity contribution in [1.82, 2.24) is 5.32 Å². The van der Waals surface area contributed by atoms with Crippen LogP contribution in [0.2, 0.25) is 0 Å². The molecule has 2 aromatic rings. The van der Waals surface area contributed by atoms with E-state index in [0.717, 1.165) is 17.2 Å². The van der Waals surface area contributed by atoms with E-state index in [1.165, 1.54) is 0 Å². The van der Waals surface area contributed by atoms with Gasteiger partial charge in [0.2, 0.25) is 0 Å². The zero-order valence-corrected chi connectivity index (χ0v) is 12.5. The van der Waals surface area contributed by atoms with Gasteiger partial charge >= 0.3 is 0 Å². The van der Waals surface area contributed by atoms with Crippen LogP contribution in [0.5, 0.6) is 5.75 Å². The van der Waals surface area contributed by atoms with Gasteiger partial charge < -0.3 is 10.1 Å². The zero-order chi connectivity index (χ0) is 14.8. The molecule has 0 atom stereocenters. The number of methoxy groups -OCH3 is 1. The molecule has 0 bridgehead atoms. The molecule has 0 spiro atoms. The Kier molecular flexibility index (Phi) is 3.98. The summed E-state index contributed by atoms with van der Waals surface area (Å²) in [5, 5.41) is 5.14. The number of rotatable bonds is 4. The molecular formula is C17H21NO2. The van der Waals surface area contributed by atoms with Crippen LogP contribution >= 0.6 is 0 Å². The Morgan fingerprint density at radius 2 is 1.80 bits per heavy atom. The number of ether oxygens (including phenoxy) is 1. The number of carbonyl (C=O) groups is 1. The minimum Gasteiger partial charge on any atom is -0.496 e. The summed E-state index contributed by atoms with van der Waals surface area (Å²) >= 11 is 0. The maximum Gasteiger partial charge on any atom is 0.255 e. The minimum absolute atomic E-state index is 0.0977. The highest BCUT2D eigenvalue weighted by atomic mass is 16.5. The molecule has 3 nitrogen and oxygen atoms in total. The van der Waals surface area contributed by atoms with Gasteiger partial charge in [-0.1, -0.05) is 31.2 Å². The van der Waals surface area contributed by atoms with Crippen LogP contribution in [0.1, 0.15) is 37.6 Å². The van der Waals surface area contributed by atoms with Crippen LogP contribution in [0, 0.1) is 0 Å². The predicted octanol–water partition coefficient (Wildman–Crippen LogP) is 3.77. The van der Waals surface area contributed by atoms with Crippen LogP contribution in [-0.4, -0.2) is 18.6 Å². The van der Waals surface area contributed by atoms with E-state index in [9.17, 15) is 4.79 Å². The molecule has 1 amide bonds. The molecule has 0 aliphatic rings. The molecule has 2 rings (SSSR count). The number of fused-ring (bicyclic) bond motifs is 1. The summed E-state index contributed by atoms with van der Waals surface area (Å²) in [7, 11) is 1.59. The van der Waals surface area contributed by atoms with E-state index >= 15 is 0 Å². The number of amides is 1. The summed E-state index contributed by atoms with van der Waals surface area (Å²) in [5.41, 5.74) is 0.348. The summed E-state index contributed by atoms with van der Waals surface area (Å²) in [4.78, 5) is 12.5. The summed E-state index contributed by atoms with van der Waals surface area (Å²) < 4.78 is 5.36. The first-order chi connectivity index (χ1) is 9.46. The van der Waals surface area contributed by atoms with Crippen LogP contribution < -0.4 is 10.1 Å². The van der Waals surface area contributed by atoms with Gasteiger partial charge in [0, 0.05) is 5.54 Å². The first kappa shape index (κ1) is 14.4. The van der Waals surface area contributed by atoms with Crippen LogP contribution in [0.3, 0.4) is 0 Å². The standard InChI is InChI=1S/C17H21NO2/c1-5-17(2,3)18-16(19)14-10-12-8-6-7-9-13(12)11-15(14)20-4/h6-11H,5H2,1-4H3,(H,18,19). The van der Waals surface area contributed by atoms with Crippen LogP contribution in [0.25, 0.3) is 10.8 Å². The van der Waals surface area contributed by atoms with E-state index < -0.39 is 0 Å². The Balaban J connectivity index is 2.44. The smallest absolute Gasteiger partial charge is 0.255 e. The quantitative estimate of drug-likeness (QED) is 0.919. The largest absolute Gasteiger partial charge is 0.496 e. The molecule has 3 heteroatoms. The first-order valence-electron chi connectivity index (χ1n) is 6.86. The summed E-state index contributed by atoms with van der Waals surface area (Å²) in [6.07, 6.45) is 0.870. The molecular weight excluding hydrogens is 250 g/mol. The lowest BCUT2D eigenvalue weighted by atomic mass is 10.00. The molecule has 0 aliphatic carbocycles. The zero-order valence-electron chi connectivity index (χ0n) is 12.5. The molecule has 2 aromatic carbocycles. The van der Waals surface area contributed by atoms with E-state index in [2.05, 4.69) is 12.2 Å². The summed E-state index contributed by atoms with van der Waals surface area (Å²) in [6.45, 7) is 6.08. The Hall–Kier alpha value is -2.03. The Labute approximate surface area is 119 Å². The van der Waals surface area contributed by atoms with E-state index in [1.54, 1.807) is 7.11 Å². The third kappa shape index (κ3) is 2.93. The van der Waals surface area contributed by atoms with Crippen molar-refractivity contribution in [3.63, 3.8) is 0 Å². The second-order valence-corrected chi connectivity index (χ2v) is 5.59. The highest BCUT2D eigenvalue weighted by Crippen LogP contribution is 2.26. The van der Waals surface area contributed by atoms with Crippen LogP contribution in [0.4, 0.5) is 0 Å².